The number of nitrogens with one attached hydrogen (secondary N) is 6. The molecule has 0 unspecified atom stereocenters. The molecule has 0 saturated heterocycles. The van der Waals surface area contributed by atoms with Crippen molar-refractivity contribution in [2.75, 3.05) is 0 Å². The molecule has 1 aromatic heterocycles. The Labute approximate surface area is 625 Å². The summed E-state index contributed by atoms with van der Waals surface area (Å²) in [6, 6.07) is 12.7. The number of hydrogen-bond acceptors (Lipinski definition) is 20. The monoisotopic (exact) mass is 1520 g/mol. The van der Waals surface area contributed by atoms with Crippen LogP contribution < -0.4 is 55.3 Å². The van der Waals surface area contributed by atoms with Crippen LogP contribution in [0.3, 0.4) is 0 Å². The summed E-state index contributed by atoms with van der Waals surface area (Å²) in [7, 11) is 0. The van der Waals surface area contributed by atoms with Crippen molar-refractivity contribution in [2.45, 2.75) is 190 Å². The Morgan fingerprint density at radius 1 is 0.321 bits per heavy atom. The van der Waals surface area contributed by atoms with E-state index in [0.29, 0.717) is 27.6 Å². The fraction of sp³-hybridized carbons (Fsp3) is 0.473. The summed E-state index contributed by atoms with van der Waals surface area (Å²) in [6.45, 7) is 0. The van der Waals surface area contributed by atoms with Crippen molar-refractivity contribution in [2.24, 2.45) is 58.3 Å². The molecule has 21 N–H and O–H groups in total. The van der Waals surface area contributed by atoms with Gasteiger partial charge in [0.25, 0.3) is 0 Å². The average molecular weight is 1520 g/mol. The number of carboxylic acid groups (broad SMARTS) is 5. The summed E-state index contributed by atoms with van der Waals surface area (Å²) in [5.41, 5.74) is 28.9. The number of Topliss-reactive ketones (excluding diaryl/α,β-unsaturated/α-hetero) is 5. The zero-order valence-electron chi connectivity index (χ0n) is 59.9. The van der Waals surface area contributed by atoms with Gasteiger partial charge in [-0.05, 0) is 93.4 Å². The van der Waals surface area contributed by atoms with Crippen LogP contribution in [-0.4, -0.2) is 179 Å². The summed E-state index contributed by atoms with van der Waals surface area (Å²) in [5.74, 6) is -28.2. The standard InChI is InChI=1S/C74H95N11O24/c75-49(17-25-63(78)93)56(86)34-42(15-23-61(76)91)69(103)81-52(20-28-66(97)98)58(88)36-44(31-40-9-3-1-4-10-40)72(106)83-54(22-30-68(101)102)60(90)38-46(33-47-39-80-50-14-8-7-13-48(47)50)73(107)84-53(21-29-67(99)100)59(89)37-45(32-41-11-5-2-6-12-41)71(105)82-51(19-27-65(95)96)57(87)35-43(16-24-62(77)92)70(104)85-55(74(108)109)18-26-64(79)94/h1-14,39,42-46,49,51-55,80H,15-38,75H2,(H2,76,91)(H2,77,92)(H2,78,93)(H2,79,94)(H,81,103)(H,82,105)(H,83,106)(H,84,107)(H,85,104)(H,95,96)(H,97,98)(H,99,100)(H,101,102)(H,108,109)/t42-,43-,44-,45-,46-,49-,51-,52-,53-,54-,55-/m0/s1. The van der Waals surface area contributed by atoms with Gasteiger partial charge in [-0.25, -0.2) is 4.79 Å². The molecule has 4 rings (SSSR count). The maximum absolute atomic E-state index is 15.2. The SMILES string of the molecule is NC(=O)CC[C@@H](CC(=O)[C@H](CCC(=O)O)NC(=O)[C@H](CC(=O)[C@H](CCC(=O)O)NC(=O)[C@H](CC(=O)[C@H](CCC(=O)O)NC(=O)[C@H](CC(=O)[C@H](CCC(=O)O)NC(=O)[C@@H](CCC(N)=O)CC(=O)[C@@H](N)CCC(N)=O)Cc1ccccc1)Cc1c[nH]c2ccccc12)Cc1ccccc1)C(=O)N[C@@H](CCC(N)=O)C(=O)O. The molecule has 0 fully saturated rings. The zero-order valence-corrected chi connectivity index (χ0v) is 59.9. The molecule has 3 aromatic carbocycles. The molecule has 9 amide bonds. The molecule has 4 aromatic rings. The third kappa shape index (κ3) is 33.2. The predicted molar refractivity (Wildman–Crippen MR) is 384 cm³/mol. The quantitative estimate of drug-likeness (QED) is 0.0285. The van der Waals surface area contributed by atoms with Crippen LogP contribution in [0.15, 0.2) is 91.1 Å². The van der Waals surface area contributed by atoms with Gasteiger partial charge >= 0.3 is 29.8 Å². The lowest BCUT2D eigenvalue weighted by atomic mass is 9.87. The number of fused-ring (bicyclic) bond motifs is 1. The first-order chi connectivity index (χ1) is 51.5. The number of nitrogens with two attached hydrogens (primary N) is 5. The largest absolute Gasteiger partial charge is 0.481 e. The highest BCUT2D eigenvalue weighted by Gasteiger charge is 2.38. The molecule has 0 spiro atoms. The lowest BCUT2D eigenvalue weighted by Gasteiger charge is -2.27. The molecule has 11 atom stereocenters. The molecular weight excluding hydrogens is 1430 g/mol. The second-order valence-corrected chi connectivity index (χ2v) is 26.8. The highest BCUT2D eigenvalue weighted by Crippen LogP contribution is 2.27. The van der Waals surface area contributed by atoms with Crippen molar-refractivity contribution in [3.8, 4) is 0 Å². The first-order valence-corrected chi connectivity index (χ1v) is 35.3. The highest BCUT2D eigenvalue weighted by molar-refractivity contribution is 6.00. The first kappa shape index (κ1) is 89.5. The number of para-hydroxylation sites is 1. The molecule has 0 saturated carbocycles. The maximum Gasteiger partial charge on any atom is 0.326 e. The topological polar surface area (TPSA) is 632 Å². The number of aliphatic carboxylic acids is 5. The Hall–Kier alpha value is -11.9. The molecule has 1 heterocycles. The highest BCUT2D eigenvalue weighted by atomic mass is 16.4. The molecule has 0 radical (unpaired) electrons. The Bertz CT molecular complexity index is 3940. The number of benzene rings is 3. The van der Waals surface area contributed by atoms with E-state index in [9.17, 15) is 107 Å². The minimum atomic E-state index is -1.79. The number of aromatic nitrogens is 1. The second kappa shape index (κ2) is 45.6. The van der Waals surface area contributed by atoms with E-state index in [1.807, 2.05) is 0 Å². The van der Waals surface area contributed by atoms with Crippen LogP contribution in [0.2, 0.25) is 0 Å². The summed E-state index contributed by atoms with van der Waals surface area (Å²) < 4.78 is 0. The van der Waals surface area contributed by atoms with Crippen LogP contribution in [0.5, 0.6) is 0 Å². The lowest BCUT2D eigenvalue weighted by Crippen LogP contribution is -2.50. The Morgan fingerprint density at radius 2 is 0.606 bits per heavy atom. The zero-order chi connectivity index (χ0) is 81.0. The molecule has 109 heavy (non-hydrogen) atoms. The minimum absolute atomic E-state index is 0.195. The Kier molecular flexibility index (Phi) is 37.4. The first-order valence-electron chi connectivity index (χ1n) is 35.3. The third-order valence-electron chi connectivity index (χ3n) is 18.2. The van der Waals surface area contributed by atoms with Crippen LogP contribution in [-0.2, 0) is 110 Å². The Balaban J connectivity index is 1.76. The maximum atomic E-state index is 15.2. The van der Waals surface area contributed by atoms with E-state index in [4.69, 9.17) is 28.7 Å². The number of primary amides is 4. The summed E-state index contributed by atoms with van der Waals surface area (Å²) >= 11 is 0. The molecule has 590 valence electrons. The van der Waals surface area contributed by atoms with Gasteiger partial charge in [-0.2, -0.15) is 0 Å². The van der Waals surface area contributed by atoms with Gasteiger partial charge in [-0.1, -0.05) is 78.9 Å². The van der Waals surface area contributed by atoms with E-state index in [0.717, 1.165) is 0 Å². The molecule has 35 heteroatoms. The van der Waals surface area contributed by atoms with Gasteiger partial charge in [0.05, 0.1) is 30.2 Å². The average Bonchev–Trinajstić information content (AvgIpc) is 1.77. The fourth-order valence-electron chi connectivity index (χ4n) is 12.1. The van der Waals surface area contributed by atoms with Crippen molar-refractivity contribution in [3.05, 3.63) is 108 Å². The fourth-order valence-corrected chi connectivity index (χ4v) is 12.1. The normalized spacial score (nSPS) is 14.1. The number of rotatable bonds is 56. The van der Waals surface area contributed by atoms with Crippen molar-refractivity contribution in [1.29, 1.82) is 0 Å². The summed E-state index contributed by atoms with van der Waals surface area (Å²) in [6.07, 6.45) is -12.0. The summed E-state index contributed by atoms with van der Waals surface area (Å²) in [5, 5.41) is 62.1. The van der Waals surface area contributed by atoms with Crippen LogP contribution in [0, 0.1) is 29.6 Å². The number of carboxylic acids is 5. The van der Waals surface area contributed by atoms with E-state index in [-0.39, 0.29) is 38.5 Å². The van der Waals surface area contributed by atoms with Crippen molar-refractivity contribution < 1.29 is 117 Å². The van der Waals surface area contributed by atoms with Gasteiger partial charge < -0.3 is 85.8 Å². The van der Waals surface area contributed by atoms with Crippen LogP contribution in [0.4, 0.5) is 0 Å². The van der Waals surface area contributed by atoms with E-state index < -0.39 is 293 Å². The van der Waals surface area contributed by atoms with Gasteiger partial charge in [-0.15, -0.1) is 0 Å². The number of aromatic amines is 1. The second-order valence-electron chi connectivity index (χ2n) is 26.8. The summed E-state index contributed by atoms with van der Waals surface area (Å²) in [4.78, 5) is 255. The van der Waals surface area contributed by atoms with Crippen LogP contribution in [0.1, 0.15) is 152 Å². The molecular formula is C74H95N11O24. The molecule has 0 aliphatic carbocycles. The van der Waals surface area contributed by atoms with E-state index in [1.54, 1.807) is 84.9 Å². The number of hydrogen-bond donors (Lipinski definition) is 16. The van der Waals surface area contributed by atoms with E-state index in [1.165, 1.54) is 6.20 Å². The molecule has 0 bridgehead atoms. The van der Waals surface area contributed by atoms with Gasteiger partial charge in [-0.3, -0.25) is 86.3 Å². The Morgan fingerprint density at radius 3 is 0.954 bits per heavy atom. The van der Waals surface area contributed by atoms with Crippen LogP contribution >= 0.6 is 0 Å². The van der Waals surface area contributed by atoms with Gasteiger partial charge in [0.15, 0.2) is 23.1 Å². The number of amides is 9. The van der Waals surface area contributed by atoms with Gasteiger partial charge in [0.2, 0.25) is 53.2 Å². The van der Waals surface area contributed by atoms with Crippen molar-refractivity contribution in [3.63, 3.8) is 0 Å². The number of carbonyl (C=O) groups excluding carboxylic acids is 14. The molecule has 0 aliphatic heterocycles. The van der Waals surface area contributed by atoms with Crippen molar-refractivity contribution >= 4 is 123 Å². The van der Waals surface area contributed by atoms with E-state index in [2.05, 4.69) is 31.6 Å². The number of ketones is 5. The van der Waals surface area contributed by atoms with Crippen molar-refractivity contribution in [1.82, 2.24) is 31.6 Å². The number of H-pyrrole nitrogens is 1. The minimum Gasteiger partial charge on any atom is -0.481 e. The van der Waals surface area contributed by atoms with Gasteiger partial charge in [0, 0.05) is 130 Å². The predicted octanol–water partition coefficient (Wildman–Crippen LogP) is 0.430. The smallest absolute Gasteiger partial charge is 0.326 e. The van der Waals surface area contributed by atoms with E-state index >= 15 is 9.59 Å². The number of carbonyl (C=O) groups is 19. The van der Waals surface area contributed by atoms with Gasteiger partial charge in [0.1, 0.15) is 11.8 Å². The molecule has 0 aliphatic rings. The lowest BCUT2D eigenvalue weighted by molar-refractivity contribution is -0.143. The third-order valence-corrected chi connectivity index (χ3v) is 18.2. The molecule has 35 nitrogen and oxygen atoms in total. The van der Waals surface area contributed by atoms with Crippen LogP contribution in [0.25, 0.3) is 10.9 Å².